The van der Waals surface area contributed by atoms with Crippen LogP contribution >= 0.6 is 0 Å². The minimum Gasteiger partial charge on any atom is -0.744 e. The molecule has 54 heavy (non-hydrogen) atoms. The van der Waals surface area contributed by atoms with Crippen LogP contribution in [0, 0.1) is 20.8 Å². The largest absolute Gasteiger partial charge is 1.00 e. The molecule has 0 aliphatic carbocycles. The third-order valence-corrected chi connectivity index (χ3v) is 9.22. The van der Waals surface area contributed by atoms with E-state index in [1.54, 1.807) is 26.8 Å². The van der Waals surface area contributed by atoms with Crippen LogP contribution in [0.5, 0.6) is 17.2 Å². The summed E-state index contributed by atoms with van der Waals surface area (Å²) in [5.74, 6) is -2.74. The second-order valence-corrected chi connectivity index (χ2v) is 13.9. The molecule has 21 heteroatoms. The van der Waals surface area contributed by atoms with Crippen LogP contribution in [-0.2, 0) is 20.2 Å². The Bertz CT molecular complexity index is 2550. The number of phenolic OH excluding ortho intramolecular Hbond substituents is 1. The molecule has 5 aromatic rings. The van der Waals surface area contributed by atoms with Gasteiger partial charge in [0.25, 0.3) is 0 Å². The van der Waals surface area contributed by atoms with Crippen molar-refractivity contribution in [3.05, 3.63) is 89.0 Å². The number of azo groups is 2. The molecule has 0 aliphatic rings. The quantitative estimate of drug-likeness (QED) is 0.0551. The molecule has 0 amide bonds. The van der Waals surface area contributed by atoms with E-state index >= 15 is 0 Å². The molecule has 0 saturated carbocycles. The van der Waals surface area contributed by atoms with E-state index in [0.29, 0.717) is 22.4 Å². The number of fused-ring (bicyclic) bond motifs is 1. The number of ether oxygens (including phenoxy) is 1. The molecule has 0 bridgehead atoms. The molecule has 0 saturated heterocycles. The fraction of sp³-hybridized carbons (Fsp3) is 0.121. The van der Waals surface area contributed by atoms with Crippen molar-refractivity contribution in [3.8, 4) is 17.2 Å². The summed E-state index contributed by atoms with van der Waals surface area (Å²) in [6.07, 6.45) is 0. The van der Waals surface area contributed by atoms with Crippen molar-refractivity contribution in [2.45, 2.75) is 30.6 Å². The average Bonchev–Trinajstić information content (AvgIpc) is 3.04. The van der Waals surface area contributed by atoms with Gasteiger partial charge in [-0.2, -0.15) is 5.11 Å². The van der Waals surface area contributed by atoms with Gasteiger partial charge >= 0.3 is 88.7 Å². The Labute approximate surface area is 376 Å². The van der Waals surface area contributed by atoms with Crippen molar-refractivity contribution in [1.29, 1.82) is 0 Å². The number of rotatable bonds is 10. The van der Waals surface area contributed by atoms with E-state index in [1.165, 1.54) is 49.6 Å². The van der Waals surface area contributed by atoms with Gasteiger partial charge in [-0.1, -0.05) is 6.07 Å². The molecule has 5 rings (SSSR count). The summed E-state index contributed by atoms with van der Waals surface area (Å²) in [5, 5.41) is 51.3. The van der Waals surface area contributed by atoms with Crippen LogP contribution in [0.25, 0.3) is 10.8 Å². The van der Waals surface area contributed by atoms with Gasteiger partial charge in [-0.3, -0.25) is 0 Å². The number of nitrogens with one attached hydrogen (secondary N) is 1. The van der Waals surface area contributed by atoms with E-state index in [-0.39, 0.29) is 128 Å². The number of phenols is 2. The molecular weight excluding hydrogens is 775 g/mol. The second-order valence-electron chi connectivity index (χ2n) is 11.2. The predicted molar refractivity (Wildman–Crippen MR) is 179 cm³/mol. The maximum absolute atomic E-state index is 12.3. The number of carboxylic acid groups (broad SMARTS) is 1. The number of aromatic carboxylic acids is 1. The van der Waals surface area contributed by atoms with Crippen LogP contribution in [0.3, 0.4) is 0 Å². The van der Waals surface area contributed by atoms with E-state index in [1.807, 2.05) is 0 Å². The van der Waals surface area contributed by atoms with Crippen LogP contribution in [0.2, 0.25) is 0 Å². The zero-order valence-electron chi connectivity index (χ0n) is 30.0. The standard InChI is InChI=1S/C33H29N5O11S2.3Na/c1-16-9-18(3)30(28(10-16)50(43,44)45)37-35-24-15-27(49-4)25(11-17(24)2)36-38-31-29(51(46,47)48)13-19-12-20(5-7-22(19)32(31)40)34-21-6-8-26(39)23(14-21)33(41)42;;;/h5-15,34,39-40H,1-4H3,(H,41,42)(H,43,44,45)(H,46,47,48);;;/q;3*+1/p-3. The van der Waals surface area contributed by atoms with E-state index < -0.39 is 58.7 Å². The van der Waals surface area contributed by atoms with Crippen LogP contribution in [-0.4, -0.2) is 49.2 Å². The Kier molecular flexibility index (Phi) is 16.4. The minimum absolute atomic E-state index is 0. The van der Waals surface area contributed by atoms with Gasteiger partial charge < -0.3 is 39.3 Å². The molecule has 264 valence electrons. The first-order chi connectivity index (χ1) is 23.9. The number of anilines is 2. The van der Waals surface area contributed by atoms with Gasteiger partial charge in [0.15, 0.2) is 5.75 Å². The normalized spacial score (nSPS) is 11.5. The van der Waals surface area contributed by atoms with Gasteiger partial charge in [0.05, 0.1) is 28.6 Å². The molecule has 0 atom stereocenters. The SMILES string of the molecule is COc1cc(N=Nc2c(C)cc(C)cc2S(=O)(=O)[O-])c(C)cc1N=Nc1c(S(=O)(=O)[O-])cc2cc(Nc3ccc(O)c(C(=O)[O-])c3)ccc2c1O.[Na+].[Na+].[Na+]. The van der Waals surface area contributed by atoms with Crippen LogP contribution in [0.4, 0.5) is 34.1 Å². The zero-order chi connectivity index (χ0) is 37.4. The number of carbonyl (C=O) groups excluding carboxylic acids is 1. The number of aryl methyl sites for hydroxylation is 3. The van der Waals surface area contributed by atoms with Crippen LogP contribution < -0.4 is 104 Å². The van der Waals surface area contributed by atoms with Crippen molar-refractivity contribution in [3.63, 3.8) is 0 Å². The predicted octanol–water partition coefficient (Wildman–Crippen LogP) is -3.06. The summed E-state index contributed by atoms with van der Waals surface area (Å²) >= 11 is 0. The van der Waals surface area contributed by atoms with E-state index in [9.17, 15) is 46.1 Å². The summed E-state index contributed by atoms with van der Waals surface area (Å²) in [4.78, 5) is 9.85. The number of carboxylic acids is 1. The maximum Gasteiger partial charge on any atom is 1.00 e. The van der Waals surface area contributed by atoms with Crippen LogP contribution in [0.15, 0.2) is 97.0 Å². The van der Waals surface area contributed by atoms with Crippen molar-refractivity contribution < 1.29 is 139 Å². The summed E-state index contributed by atoms with van der Waals surface area (Å²) < 4.78 is 78.0. The van der Waals surface area contributed by atoms with E-state index in [4.69, 9.17) is 4.74 Å². The summed E-state index contributed by atoms with van der Waals surface area (Å²) in [5.41, 5.74) is 0.880. The zero-order valence-corrected chi connectivity index (χ0v) is 37.7. The van der Waals surface area contributed by atoms with E-state index in [0.717, 1.165) is 18.2 Å². The number of aromatic hydroxyl groups is 2. The summed E-state index contributed by atoms with van der Waals surface area (Å²) in [7, 11) is -8.81. The number of nitrogens with zero attached hydrogens (tertiary/aromatic N) is 4. The second kappa shape index (κ2) is 18.8. The molecule has 0 unspecified atom stereocenters. The van der Waals surface area contributed by atoms with Gasteiger partial charge in [0.2, 0.25) is 0 Å². The molecule has 16 nitrogen and oxygen atoms in total. The Morgan fingerprint density at radius 2 is 1.28 bits per heavy atom. The van der Waals surface area contributed by atoms with Gasteiger partial charge in [0.1, 0.15) is 48.8 Å². The van der Waals surface area contributed by atoms with Crippen molar-refractivity contribution in [1.82, 2.24) is 0 Å². The minimum atomic E-state index is -5.24. The number of hydrogen-bond donors (Lipinski definition) is 3. The van der Waals surface area contributed by atoms with E-state index in [2.05, 4.69) is 25.8 Å². The van der Waals surface area contributed by atoms with Crippen molar-refractivity contribution >= 4 is 71.1 Å². The molecule has 5 aromatic carbocycles. The van der Waals surface area contributed by atoms with Crippen molar-refractivity contribution in [2.75, 3.05) is 12.4 Å². The van der Waals surface area contributed by atoms with Crippen LogP contribution in [0.1, 0.15) is 27.0 Å². The Morgan fingerprint density at radius 3 is 1.89 bits per heavy atom. The maximum atomic E-state index is 12.3. The first kappa shape index (κ1) is 47.2. The molecule has 0 aromatic heterocycles. The van der Waals surface area contributed by atoms with Gasteiger partial charge in [-0.05, 0) is 97.4 Å². The summed E-state index contributed by atoms with van der Waals surface area (Å²) in [6.45, 7) is 4.81. The molecule has 0 spiro atoms. The number of carbonyl (C=O) groups is 1. The fourth-order valence-corrected chi connectivity index (χ4v) is 6.53. The third-order valence-electron chi connectivity index (χ3n) is 7.52. The number of methoxy groups -OCH3 is 1. The molecular formula is C33H26N5Na3O11S2. The summed E-state index contributed by atoms with van der Waals surface area (Å²) in [6, 6.07) is 14.6. The Hall–Kier alpha value is -2.95. The van der Waals surface area contributed by atoms with Gasteiger partial charge in [0, 0.05) is 28.4 Å². The monoisotopic (exact) mass is 801 g/mol. The fourth-order valence-electron chi connectivity index (χ4n) is 5.12. The number of hydrogen-bond acceptors (Lipinski definition) is 16. The third kappa shape index (κ3) is 10.7. The molecule has 3 N–H and O–H groups in total. The molecule has 0 aliphatic heterocycles. The molecule has 0 radical (unpaired) electrons. The average molecular weight is 802 g/mol. The molecule has 0 heterocycles. The van der Waals surface area contributed by atoms with Gasteiger partial charge in [-0.25, -0.2) is 16.8 Å². The first-order valence-electron chi connectivity index (χ1n) is 14.5. The molecule has 0 fully saturated rings. The Morgan fingerprint density at radius 1 is 0.704 bits per heavy atom. The van der Waals surface area contributed by atoms with Gasteiger partial charge in [-0.15, -0.1) is 15.3 Å². The number of benzene rings is 5. The topological polar surface area (TPSA) is 266 Å². The smallest absolute Gasteiger partial charge is 0.744 e. The Balaban J connectivity index is 0.00000336. The van der Waals surface area contributed by atoms with Crippen molar-refractivity contribution in [2.24, 2.45) is 20.5 Å². The first-order valence-corrected chi connectivity index (χ1v) is 17.3.